The molecule has 0 N–H and O–H groups in total. The highest BCUT2D eigenvalue weighted by molar-refractivity contribution is 5.81. The second kappa shape index (κ2) is 9.12. The van der Waals surface area contributed by atoms with Crippen molar-refractivity contribution in [3.8, 4) is 5.75 Å². The third-order valence-electron chi connectivity index (χ3n) is 4.93. The maximum Gasteiger partial charge on any atom is 0.415 e. The molecule has 1 aliphatic heterocycles. The van der Waals surface area contributed by atoms with Gasteiger partial charge in [0.15, 0.2) is 0 Å². The minimum Gasteiger partial charge on any atom is -0.468 e. The van der Waals surface area contributed by atoms with Crippen LogP contribution in [0.25, 0.3) is 0 Å². The maximum atomic E-state index is 12.8. The summed E-state index contributed by atoms with van der Waals surface area (Å²) in [6, 6.07) is 15.0. The normalized spacial score (nSPS) is 17.5. The number of hydrogen-bond acceptors (Lipinski definition) is 6. The molecular weight excluding hydrogens is 360 g/mol. The fourth-order valence-corrected chi connectivity index (χ4v) is 3.57. The minimum atomic E-state index is -0.583. The van der Waals surface area contributed by atoms with Gasteiger partial charge >= 0.3 is 12.1 Å². The van der Waals surface area contributed by atoms with E-state index in [0.29, 0.717) is 18.7 Å². The van der Waals surface area contributed by atoms with Crippen molar-refractivity contribution >= 4 is 17.7 Å². The number of esters is 1. The summed E-state index contributed by atoms with van der Waals surface area (Å²) < 4.78 is 10.5. The van der Waals surface area contributed by atoms with E-state index in [-0.39, 0.29) is 17.7 Å². The lowest BCUT2D eigenvalue weighted by molar-refractivity contribution is -0.144. The summed E-state index contributed by atoms with van der Waals surface area (Å²) in [4.78, 5) is 37.5. The standard InChI is InChI=1S/C21H22N2O5/c1-27-20(24)19(15-7-3-2-4-8-15)18-9-5-6-14-23(18)21(25)28-17-12-10-16(22-26)11-13-17/h2-4,7-8,10-13,18-19H,5-6,9,14H2,1H3. The summed E-state index contributed by atoms with van der Waals surface area (Å²) in [5, 5.41) is 2.83. The molecule has 0 saturated carbocycles. The lowest BCUT2D eigenvalue weighted by Crippen LogP contribution is -2.49. The Morgan fingerprint density at radius 2 is 1.79 bits per heavy atom. The van der Waals surface area contributed by atoms with E-state index in [4.69, 9.17) is 9.47 Å². The lowest BCUT2D eigenvalue weighted by atomic mass is 9.85. The molecule has 7 heteroatoms. The molecule has 2 unspecified atom stereocenters. The molecule has 1 aliphatic rings. The van der Waals surface area contributed by atoms with Crippen LogP contribution in [0.4, 0.5) is 10.5 Å². The highest BCUT2D eigenvalue weighted by Gasteiger charge is 2.39. The average molecular weight is 382 g/mol. The topological polar surface area (TPSA) is 85.3 Å². The number of methoxy groups -OCH3 is 1. The zero-order valence-electron chi connectivity index (χ0n) is 15.6. The monoisotopic (exact) mass is 382 g/mol. The van der Waals surface area contributed by atoms with Crippen LogP contribution in [-0.4, -0.2) is 36.7 Å². The predicted octanol–water partition coefficient (Wildman–Crippen LogP) is 4.39. The molecule has 0 spiro atoms. The first kappa shape index (κ1) is 19.5. The largest absolute Gasteiger partial charge is 0.468 e. The van der Waals surface area contributed by atoms with Crippen molar-refractivity contribution in [2.45, 2.75) is 31.2 Å². The fraction of sp³-hybridized carbons (Fsp3) is 0.333. The number of benzene rings is 2. The summed E-state index contributed by atoms with van der Waals surface area (Å²) in [6.07, 6.45) is 1.90. The molecule has 1 amide bonds. The van der Waals surface area contributed by atoms with Crippen molar-refractivity contribution in [2.75, 3.05) is 13.7 Å². The van der Waals surface area contributed by atoms with Crippen molar-refractivity contribution in [1.29, 1.82) is 0 Å². The van der Waals surface area contributed by atoms with Crippen molar-refractivity contribution in [3.63, 3.8) is 0 Å². The molecule has 3 rings (SSSR count). The van der Waals surface area contributed by atoms with Crippen molar-refractivity contribution in [1.82, 2.24) is 4.90 Å². The number of carbonyl (C=O) groups excluding carboxylic acids is 2. The van der Waals surface area contributed by atoms with Crippen LogP contribution in [0.2, 0.25) is 0 Å². The number of nitroso groups, excluding NO2 is 1. The maximum absolute atomic E-state index is 12.8. The van der Waals surface area contributed by atoms with Gasteiger partial charge in [-0.25, -0.2) is 4.79 Å². The van der Waals surface area contributed by atoms with E-state index in [1.807, 2.05) is 30.3 Å². The zero-order valence-corrected chi connectivity index (χ0v) is 15.6. The van der Waals surface area contributed by atoms with Gasteiger partial charge in [0.05, 0.1) is 13.2 Å². The number of nitrogens with zero attached hydrogens (tertiary/aromatic N) is 2. The zero-order chi connectivity index (χ0) is 19.9. The van der Waals surface area contributed by atoms with Gasteiger partial charge in [-0.2, -0.15) is 0 Å². The first-order valence-electron chi connectivity index (χ1n) is 9.18. The highest BCUT2D eigenvalue weighted by Crippen LogP contribution is 2.32. The molecule has 0 aliphatic carbocycles. The van der Waals surface area contributed by atoms with E-state index >= 15 is 0 Å². The quantitative estimate of drug-likeness (QED) is 0.565. The van der Waals surface area contributed by atoms with Gasteiger partial charge < -0.3 is 14.4 Å². The number of rotatable bonds is 5. The number of carbonyl (C=O) groups is 2. The van der Waals surface area contributed by atoms with Gasteiger partial charge in [0, 0.05) is 6.54 Å². The Labute approximate surface area is 163 Å². The van der Waals surface area contributed by atoms with E-state index in [9.17, 15) is 14.5 Å². The second-order valence-electron chi connectivity index (χ2n) is 6.62. The summed E-state index contributed by atoms with van der Waals surface area (Å²) in [5.74, 6) is -0.644. The van der Waals surface area contributed by atoms with Gasteiger partial charge in [-0.15, -0.1) is 4.91 Å². The summed E-state index contributed by atoms with van der Waals surface area (Å²) in [5.41, 5.74) is 1.06. The summed E-state index contributed by atoms with van der Waals surface area (Å²) >= 11 is 0. The Bertz CT molecular complexity index is 822. The Kier molecular flexibility index (Phi) is 6.37. The van der Waals surface area contributed by atoms with Gasteiger partial charge in [-0.3, -0.25) is 4.79 Å². The van der Waals surface area contributed by atoms with E-state index in [1.54, 1.807) is 4.90 Å². The molecule has 28 heavy (non-hydrogen) atoms. The Balaban J connectivity index is 1.83. The van der Waals surface area contributed by atoms with Crippen LogP contribution in [0.15, 0.2) is 59.8 Å². The van der Waals surface area contributed by atoms with Gasteiger partial charge in [0.25, 0.3) is 0 Å². The van der Waals surface area contributed by atoms with E-state index < -0.39 is 12.0 Å². The molecule has 0 aromatic heterocycles. The third kappa shape index (κ3) is 4.36. The highest BCUT2D eigenvalue weighted by atomic mass is 16.6. The molecule has 2 aromatic carbocycles. The Hall–Kier alpha value is -3.22. The van der Waals surface area contributed by atoms with E-state index in [1.165, 1.54) is 31.4 Å². The van der Waals surface area contributed by atoms with Crippen LogP contribution in [-0.2, 0) is 9.53 Å². The number of hydrogen-bond donors (Lipinski definition) is 0. The first-order chi connectivity index (χ1) is 13.6. The number of piperidine rings is 1. The molecule has 1 heterocycles. The predicted molar refractivity (Wildman–Crippen MR) is 103 cm³/mol. The summed E-state index contributed by atoms with van der Waals surface area (Å²) in [6.45, 7) is 0.498. The van der Waals surface area contributed by atoms with Crippen molar-refractivity contribution < 1.29 is 19.1 Å². The van der Waals surface area contributed by atoms with Crippen LogP contribution in [0.3, 0.4) is 0 Å². The molecule has 0 radical (unpaired) electrons. The molecule has 2 aromatic rings. The lowest BCUT2D eigenvalue weighted by Gasteiger charge is -2.38. The SMILES string of the molecule is COC(=O)C(c1ccccc1)C1CCCCN1C(=O)Oc1ccc(N=O)cc1. The van der Waals surface area contributed by atoms with Crippen LogP contribution in [0, 0.1) is 4.91 Å². The molecule has 2 atom stereocenters. The van der Waals surface area contributed by atoms with Crippen LogP contribution in [0.5, 0.6) is 5.75 Å². The van der Waals surface area contributed by atoms with Crippen LogP contribution in [0.1, 0.15) is 30.7 Å². The first-order valence-corrected chi connectivity index (χ1v) is 9.18. The number of amides is 1. The molecule has 1 fully saturated rings. The second-order valence-corrected chi connectivity index (χ2v) is 6.62. The van der Waals surface area contributed by atoms with Crippen molar-refractivity contribution in [2.24, 2.45) is 5.18 Å². The number of likely N-dealkylation sites (tertiary alicyclic amines) is 1. The van der Waals surface area contributed by atoms with Gasteiger partial charge in [-0.05, 0) is 54.3 Å². The van der Waals surface area contributed by atoms with Crippen LogP contribution >= 0.6 is 0 Å². The smallest absolute Gasteiger partial charge is 0.415 e. The van der Waals surface area contributed by atoms with Gasteiger partial charge in [-0.1, -0.05) is 30.3 Å². The van der Waals surface area contributed by atoms with E-state index in [0.717, 1.165) is 18.4 Å². The molecular formula is C21H22N2O5. The molecule has 1 saturated heterocycles. The van der Waals surface area contributed by atoms with Crippen LogP contribution < -0.4 is 4.74 Å². The van der Waals surface area contributed by atoms with Crippen molar-refractivity contribution in [3.05, 3.63) is 65.1 Å². The molecule has 0 bridgehead atoms. The fourth-order valence-electron chi connectivity index (χ4n) is 3.57. The van der Waals surface area contributed by atoms with E-state index in [2.05, 4.69) is 5.18 Å². The molecule has 146 valence electrons. The third-order valence-corrected chi connectivity index (χ3v) is 4.93. The Morgan fingerprint density at radius 1 is 1.07 bits per heavy atom. The minimum absolute atomic E-state index is 0.255. The number of ether oxygens (including phenoxy) is 2. The molecule has 7 nitrogen and oxygen atoms in total. The Morgan fingerprint density at radius 3 is 2.43 bits per heavy atom. The van der Waals surface area contributed by atoms with Gasteiger partial charge in [0.1, 0.15) is 17.4 Å². The average Bonchev–Trinajstić information content (AvgIpc) is 2.75. The van der Waals surface area contributed by atoms with Gasteiger partial charge in [0.2, 0.25) is 0 Å². The summed E-state index contributed by atoms with van der Waals surface area (Å²) in [7, 11) is 1.35.